The van der Waals surface area contributed by atoms with E-state index in [0.717, 1.165) is 11.8 Å². The standard InChI is InChI=1S/C18H12Cl2N4O2S/c19-11-1-4-13(5-2-11)24-17(26)14-6-3-12(20)9-15(14)23-18(24)27-10-16(25)22-8-7-21/h1-6,9H,8,10H2,(H,22,25). The van der Waals surface area contributed by atoms with Gasteiger partial charge < -0.3 is 5.32 Å². The summed E-state index contributed by atoms with van der Waals surface area (Å²) in [6, 6.07) is 13.4. The molecular formula is C18H12Cl2N4O2S. The molecule has 0 atom stereocenters. The second-order valence-corrected chi connectivity index (χ2v) is 7.21. The first kappa shape index (κ1) is 19.2. The van der Waals surface area contributed by atoms with E-state index in [2.05, 4.69) is 10.3 Å². The minimum absolute atomic E-state index is 0.00772. The Bertz CT molecular complexity index is 1110. The Morgan fingerprint density at radius 3 is 2.59 bits per heavy atom. The van der Waals surface area contributed by atoms with Gasteiger partial charge in [-0.3, -0.25) is 14.2 Å². The molecule has 6 nitrogen and oxygen atoms in total. The summed E-state index contributed by atoms with van der Waals surface area (Å²) >= 11 is 13.1. The summed E-state index contributed by atoms with van der Waals surface area (Å²) in [6.45, 7) is -0.0792. The molecule has 1 heterocycles. The number of nitriles is 1. The van der Waals surface area contributed by atoms with Gasteiger partial charge in [0.15, 0.2) is 5.16 Å². The normalized spacial score (nSPS) is 10.6. The van der Waals surface area contributed by atoms with E-state index in [-0.39, 0.29) is 23.8 Å². The zero-order chi connectivity index (χ0) is 19.4. The topological polar surface area (TPSA) is 87.8 Å². The van der Waals surface area contributed by atoms with Crippen molar-refractivity contribution in [2.75, 3.05) is 12.3 Å². The van der Waals surface area contributed by atoms with Gasteiger partial charge in [-0.2, -0.15) is 5.26 Å². The van der Waals surface area contributed by atoms with Crippen LogP contribution in [0.3, 0.4) is 0 Å². The molecule has 27 heavy (non-hydrogen) atoms. The Morgan fingerprint density at radius 2 is 1.89 bits per heavy atom. The minimum Gasteiger partial charge on any atom is -0.342 e. The third-order valence-corrected chi connectivity index (χ3v) is 5.01. The lowest BCUT2D eigenvalue weighted by Crippen LogP contribution is -2.26. The number of thioether (sulfide) groups is 1. The average molecular weight is 419 g/mol. The molecule has 1 aromatic heterocycles. The summed E-state index contributed by atoms with van der Waals surface area (Å²) in [7, 11) is 0. The number of hydrogen-bond donors (Lipinski definition) is 1. The predicted molar refractivity (Wildman–Crippen MR) is 107 cm³/mol. The molecule has 0 spiro atoms. The number of nitrogens with one attached hydrogen (secondary N) is 1. The zero-order valence-electron chi connectivity index (χ0n) is 13.8. The van der Waals surface area contributed by atoms with Gasteiger partial charge in [0.05, 0.1) is 28.4 Å². The molecule has 136 valence electrons. The van der Waals surface area contributed by atoms with Crippen LogP contribution in [0.5, 0.6) is 0 Å². The van der Waals surface area contributed by atoms with E-state index < -0.39 is 0 Å². The molecule has 0 aliphatic heterocycles. The van der Waals surface area contributed by atoms with Crippen LogP contribution in [0.1, 0.15) is 0 Å². The van der Waals surface area contributed by atoms with Gasteiger partial charge in [-0.1, -0.05) is 35.0 Å². The Kier molecular flexibility index (Phi) is 6.01. The quantitative estimate of drug-likeness (QED) is 0.389. The minimum atomic E-state index is -0.329. The Hall–Kier alpha value is -2.53. The van der Waals surface area contributed by atoms with Crippen LogP contribution in [-0.4, -0.2) is 27.8 Å². The van der Waals surface area contributed by atoms with Crippen LogP contribution in [0.4, 0.5) is 0 Å². The Balaban J connectivity index is 2.09. The fourth-order valence-corrected chi connectivity index (χ4v) is 3.51. The van der Waals surface area contributed by atoms with Gasteiger partial charge >= 0.3 is 0 Å². The van der Waals surface area contributed by atoms with Gasteiger partial charge in [-0.25, -0.2) is 4.98 Å². The van der Waals surface area contributed by atoms with E-state index in [0.29, 0.717) is 31.8 Å². The zero-order valence-corrected chi connectivity index (χ0v) is 16.1. The van der Waals surface area contributed by atoms with E-state index in [1.54, 1.807) is 42.5 Å². The number of nitrogens with zero attached hydrogens (tertiary/aromatic N) is 3. The highest BCUT2D eigenvalue weighted by Gasteiger charge is 2.15. The molecule has 0 saturated carbocycles. The lowest BCUT2D eigenvalue weighted by molar-refractivity contribution is -0.118. The van der Waals surface area contributed by atoms with Gasteiger partial charge in [-0.05, 0) is 42.5 Å². The van der Waals surface area contributed by atoms with E-state index >= 15 is 0 Å². The van der Waals surface area contributed by atoms with Crippen molar-refractivity contribution in [3.05, 3.63) is 62.9 Å². The highest BCUT2D eigenvalue weighted by atomic mass is 35.5. The third kappa shape index (κ3) is 4.42. The number of rotatable bonds is 5. The molecular weight excluding hydrogens is 407 g/mol. The van der Waals surface area contributed by atoms with Crippen LogP contribution < -0.4 is 10.9 Å². The second-order valence-electron chi connectivity index (χ2n) is 5.40. The maximum Gasteiger partial charge on any atom is 0.266 e. The van der Waals surface area contributed by atoms with E-state index in [1.807, 2.05) is 6.07 Å². The molecule has 0 saturated heterocycles. The van der Waals surface area contributed by atoms with Crippen LogP contribution in [-0.2, 0) is 4.79 Å². The molecule has 1 amide bonds. The lowest BCUT2D eigenvalue weighted by Gasteiger charge is -2.13. The lowest BCUT2D eigenvalue weighted by atomic mass is 10.2. The summed E-state index contributed by atoms with van der Waals surface area (Å²) in [5, 5.41) is 12.7. The monoisotopic (exact) mass is 418 g/mol. The smallest absolute Gasteiger partial charge is 0.266 e. The summed E-state index contributed by atoms with van der Waals surface area (Å²) in [4.78, 5) is 29.4. The molecule has 0 fully saturated rings. The van der Waals surface area contributed by atoms with Crippen LogP contribution in [0.2, 0.25) is 10.0 Å². The largest absolute Gasteiger partial charge is 0.342 e. The van der Waals surface area contributed by atoms with Crippen LogP contribution >= 0.6 is 35.0 Å². The first-order valence-electron chi connectivity index (χ1n) is 7.74. The van der Waals surface area contributed by atoms with Crippen LogP contribution in [0, 0.1) is 11.3 Å². The molecule has 0 radical (unpaired) electrons. The number of amides is 1. The Labute approximate surface area is 168 Å². The summed E-state index contributed by atoms with van der Waals surface area (Å²) in [5.41, 5.74) is 0.741. The van der Waals surface area contributed by atoms with E-state index in [4.69, 9.17) is 28.5 Å². The molecule has 3 rings (SSSR count). The molecule has 0 unspecified atom stereocenters. The molecule has 2 aromatic carbocycles. The van der Waals surface area contributed by atoms with Gasteiger partial charge in [0, 0.05) is 10.0 Å². The molecule has 0 aliphatic carbocycles. The van der Waals surface area contributed by atoms with Gasteiger partial charge in [0.2, 0.25) is 5.91 Å². The number of fused-ring (bicyclic) bond motifs is 1. The highest BCUT2D eigenvalue weighted by Crippen LogP contribution is 2.23. The predicted octanol–water partition coefficient (Wildman–Crippen LogP) is 3.42. The molecule has 9 heteroatoms. The molecule has 3 aromatic rings. The van der Waals surface area contributed by atoms with Crippen molar-refractivity contribution in [1.82, 2.24) is 14.9 Å². The van der Waals surface area contributed by atoms with Crippen molar-refractivity contribution in [2.24, 2.45) is 0 Å². The first-order valence-corrected chi connectivity index (χ1v) is 9.48. The van der Waals surface area contributed by atoms with Gasteiger partial charge in [-0.15, -0.1) is 0 Å². The second kappa shape index (κ2) is 8.44. The van der Waals surface area contributed by atoms with Gasteiger partial charge in [0.1, 0.15) is 6.54 Å². The Morgan fingerprint density at radius 1 is 1.19 bits per heavy atom. The van der Waals surface area contributed by atoms with Crippen LogP contribution in [0.25, 0.3) is 16.6 Å². The molecule has 0 aliphatic rings. The van der Waals surface area contributed by atoms with Crippen molar-refractivity contribution in [3.8, 4) is 11.8 Å². The van der Waals surface area contributed by atoms with Crippen molar-refractivity contribution in [1.29, 1.82) is 5.26 Å². The maximum atomic E-state index is 13.1. The molecule has 1 N–H and O–H groups in total. The number of carbonyl (C=O) groups excluding carboxylic acids is 1. The number of hydrogen-bond acceptors (Lipinski definition) is 5. The number of halogens is 2. The summed E-state index contributed by atoms with van der Waals surface area (Å²) in [6.07, 6.45) is 0. The maximum absolute atomic E-state index is 13.1. The third-order valence-electron chi connectivity index (χ3n) is 3.58. The van der Waals surface area contributed by atoms with Crippen molar-refractivity contribution in [3.63, 3.8) is 0 Å². The van der Waals surface area contributed by atoms with Crippen LogP contribution in [0.15, 0.2) is 52.4 Å². The number of carbonyl (C=O) groups is 1. The number of benzene rings is 2. The SMILES string of the molecule is N#CCNC(=O)CSc1nc2cc(Cl)ccc2c(=O)n1-c1ccc(Cl)cc1. The fourth-order valence-electron chi connectivity index (χ4n) is 2.37. The van der Waals surface area contributed by atoms with Gasteiger partial charge in [0.25, 0.3) is 5.56 Å². The van der Waals surface area contributed by atoms with Crippen molar-refractivity contribution >= 4 is 51.8 Å². The fraction of sp³-hybridized carbons (Fsp3) is 0.111. The van der Waals surface area contributed by atoms with Crippen molar-refractivity contribution in [2.45, 2.75) is 5.16 Å². The summed E-state index contributed by atoms with van der Waals surface area (Å²) < 4.78 is 1.43. The van der Waals surface area contributed by atoms with E-state index in [1.165, 1.54) is 4.57 Å². The highest BCUT2D eigenvalue weighted by molar-refractivity contribution is 7.99. The van der Waals surface area contributed by atoms with Crippen molar-refractivity contribution < 1.29 is 4.79 Å². The first-order chi connectivity index (χ1) is 13.0. The van der Waals surface area contributed by atoms with E-state index in [9.17, 15) is 9.59 Å². The average Bonchev–Trinajstić information content (AvgIpc) is 2.65. The summed E-state index contributed by atoms with van der Waals surface area (Å²) in [5.74, 6) is -0.321. The number of aromatic nitrogens is 2. The molecule has 0 bridgehead atoms.